The van der Waals surface area contributed by atoms with Gasteiger partial charge in [-0.2, -0.15) is 0 Å². The highest BCUT2D eigenvalue weighted by Crippen LogP contribution is 2.50. The van der Waals surface area contributed by atoms with E-state index in [1.807, 2.05) is 28.8 Å². The highest BCUT2D eigenvalue weighted by Gasteiger charge is 2.45. The zero-order valence-corrected chi connectivity index (χ0v) is 20.9. The minimum Gasteiger partial charge on any atom is -0.497 e. The Morgan fingerprint density at radius 2 is 1.94 bits per heavy atom. The van der Waals surface area contributed by atoms with Gasteiger partial charge in [0.25, 0.3) is 0 Å². The summed E-state index contributed by atoms with van der Waals surface area (Å²) < 4.78 is 19.1. The second-order valence-electron chi connectivity index (χ2n) is 10.4. The number of carbonyl (C=O) groups excluding carboxylic acids is 1. The predicted octanol–water partition coefficient (Wildman–Crippen LogP) is 2.85. The Hall–Kier alpha value is -2.97. The summed E-state index contributed by atoms with van der Waals surface area (Å²) in [4.78, 5) is 20.5. The van der Waals surface area contributed by atoms with Gasteiger partial charge < -0.3 is 19.9 Å². The van der Waals surface area contributed by atoms with Gasteiger partial charge in [0, 0.05) is 38.0 Å². The molecule has 0 spiro atoms. The van der Waals surface area contributed by atoms with Crippen LogP contribution < -0.4 is 19.8 Å². The van der Waals surface area contributed by atoms with Crippen LogP contribution in [0.2, 0.25) is 0 Å². The highest BCUT2D eigenvalue weighted by molar-refractivity contribution is 6.00. The normalized spacial score (nSPS) is 21.8. The molecule has 186 valence electrons. The van der Waals surface area contributed by atoms with E-state index in [0.29, 0.717) is 30.1 Å². The van der Waals surface area contributed by atoms with Crippen LogP contribution in [0, 0.1) is 5.41 Å². The number of fused-ring (bicyclic) bond motifs is 1. The average Bonchev–Trinajstić information content (AvgIpc) is 2.84. The van der Waals surface area contributed by atoms with Gasteiger partial charge in [0.05, 0.1) is 32.8 Å². The number of allylic oxidation sites excluding steroid dienone is 2. The van der Waals surface area contributed by atoms with E-state index in [-0.39, 0.29) is 17.1 Å². The molecule has 3 heterocycles. The van der Waals surface area contributed by atoms with Crippen LogP contribution in [0.1, 0.15) is 50.2 Å². The molecule has 1 aromatic carbocycles. The molecule has 2 aliphatic heterocycles. The van der Waals surface area contributed by atoms with E-state index in [2.05, 4.69) is 23.7 Å². The Balaban J connectivity index is 1.50. The van der Waals surface area contributed by atoms with Gasteiger partial charge in [0.15, 0.2) is 5.78 Å². The van der Waals surface area contributed by atoms with Crippen LogP contribution >= 0.6 is 0 Å². The minimum atomic E-state index is -0.317. The number of rotatable bonds is 6. The van der Waals surface area contributed by atoms with E-state index < -0.39 is 0 Å². The first kappa shape index (κ1) is 23.8. The predicted molar refractivity (Wildman–Crippen MR) is 131 cm³/mol. The molecule has 0 bridgehead atoms. The summed E-state index contributed by atoms with van der Waals surface area (Å²) in [6, 6.07) is 7.85. The molecule has 1 fully saturated rings. The number of nitrogens with zero attached hydrogens (tertiary/aromatic N) is 3. The molecule has 35 heavy (non-hydrogen) atoms. The topological polar surface area (TPSA) is 90.8 Å². The van der Waals surface area contributed by atoms with Crippen molar-refractivity contribution in [2.75, 3.05) is 45.7 Å². The Labute approximate surface area is 206 Å². The molecule has 0 amide bonds. The fraction of sp³-hybridized carbons (Fsp3) is 0.519. The van der Waals surface area contributed by atoms with Gasteiger partial charge in [-0.1, -0.05) is 31.0 Å². The molecule has 2 N–H and O–H groups in total. The monoisotopic (exact) mass is 479 g/mol. The van der Waals surface area contributed by atoms with Gasteiger partial charge >= 0.3 is 5.88 Å². The lowest BCUT2D eigenvalue weighted by atomic mass is 9.70. The van der Waals surface area contributed by atoms with E-state index >= 15 is 0 Å². The number of morpholine rings is 1. The number of methoxy groups -OCH3 is 1. The third-order valence-corrected chi connectivity index (χ3v) is 7.23. The van der Waals surface area contributed by atoms with Gasteiger partial charge in [0.2, 0.25) is 12.1 Å². The van der Waals surface area contributed by atoms with E-state index in [1.165, 1.54) is 0 Å². The first-order valence-electron chi connectivity index (χ1n) is 12.4. The summed E-state index contributed by atoms with van der Waals surface area (Å²) in [5, 5.41) is 0. The van der Waals surface area contributed by atoms with Crippen LogP contribution in [0.5, 0.6) is 11.6 Å². The maximum Gasteiger partial charge on any atom is 0.305 e. The van der Waals surface area contributed by atoms with Crippen molar-refractivity contribution in [3.63, 3.8) is 0 Å². The number of hydrogen-bond donors (Lipinski definition) is 1. The first-order chi connectivity index (χ1) is 16.9. The summed E-state index contributed by atoms with van der Waals surface area (Å²) in [6.45, 7) is 9.44. The third-order valence-electron chi connectivity index (χ3n) is 7.23. The summed E-state index contributed by atoms with van der Waals surface area (Å²) in [6.07, 6.45) is 3.89. The lowest BCUT2D eigenvalue weighted by Crippen LogP contribution is -2.43. The number of benzene rings is 1. The molecule has 5 rings (SSSR count). The minimum absolute atomic E-state index is 0.116. The molecular weight excluding hydrogens is 444 g/mol. The molecular formula is C27H35N4O4+. The molecule has 0 unspecified atom stereocenters. The number of anilines is 1. The number of carbonyl (C=O) groups is 1. The van der Waals surface area contributed by atoms with Crippen LogP contribution in [-0.2, 0) is 16.1 Å². The maximum atomic E-state index is 13.5. The second kappa shape index (κ2) is 9.59. The Morgan fingerprint density at radius 3 is 2.66 bits per heavy atom. The SMILES string of the molecule is COc1ccc([C@@H]2C3=C(CC(C)(C)CC3=O)Oc3nc[n+](CCCN4CCOCC4)c(N)c32)cc1. The standard InChI is InChI=1S/C27H34N4O4/c1-27(2)15-20(32)23-21(16-27)35-26-24(22(23)18-5-7-19(33-3)8-6-18)25(28)31(17-29-26)10-4-9-30-11-13-34-14-12-30/h5-8,17,22,28H,4,9-16H2,1-3H3/p+1/t22-/m1/s1. The number of hydrogen-bond acceptors (Lipinski definition) is 7. The number of aryl methyl sites for hydroxylation is 1. The first-order valence-corrected chi connectivity index (χ1v) is 12.4. The van der Waals surface area contributed by atoms with Crippen molar-refractivity contribution in [1.29, 1.82) is 0 Å². The van der Waals surface area contributed by atoms with Crippen molar-refractivity contribution in [2.45, 2.75) is 45.6 Å². The van der Waals surface area contributed by atoms with Crippen molar-refractivity contribution in [1.82, 2.24) is 9.88 Å². The molecule has 8 nitrogen and oxygen atoms in total. The molecule has 1 saturated heterocycles. The number of nitrogen functional groups attached to an aromatic ring is 1. The number of Topliss-reactive ketones (excluding diaryl/α,β-unsaturated/α-hetero) is 1. The number of nitrogens with two attached hydrogens (primary N) is 1. The van der Waals surface area contributed by atoms with Crippen LogP contribution in [-0.4, -0.2) is 55.6 Å². The Morgan fingerprint density at radius 1 is 1.20 bits per heavy atom. The summed E-state index contributed by atoms with van der Waals surface area (Å²) in [5.74, 6) is 2.38. The van der Waals surface area contributed by atoms with Gasteiger partial charge in [-0.3, -0.25) is 9.69 Å². The van der Waals surface area contributed by atoms with Crippen LogP contribution in [0.15, 0.2) is 41.9 Å². The van der Waals surface area contributed by atoms with Crippen molar-refractivity contribution in [3.8, 4) is 11.6 Å². The maximum absolute atomic E-state index is 13.5. The average molecular weight is 480 g/mol. The second-order valence-corrected chi connectivity index (χ2v) is 10.4. The van der Waals surface area contributed by atoms with Gasteiger partial charge in [-0.15, -0.1) is 0 Å². The van der Waals surface area contributed by atoms with E-state index in [4.69, 9.17) is 19.9 Å². The molecule has 2 aromatic rings. The summed E-state index contributed by atoms with van der Waals surface area (Å²) in [7, 11) is 1.65. The van der Waals surface area contributed by atoms with E-state index in [9.17, 15) is 4.79 Å². The van der Waals surface area contributed by atoms with Crippen LogP contribution in [0.25, 0.3) is 0 Å². The number of aromatic nitrogens is 2. The molecule has 8 heteroatoms. The molecule has 1 atom stereocenters. The van der Waals surface area contributed by atoms with E-state index in [0.717, 1.165) is 68.4 Å². The summed E-state index contributed by atoms with van der Waals surface area (Å²) in [5.41, 5.74) is 9.09. The smallest absolute Gasteiger partial charge is 0.305 e. The Bertz CT molecular complexity index is 1140. The summed E-state index contributed by atoms with van der Waals surface area (Å²) >= 11 is 0. The van der Waals surface area contributed by atoms with Gasteiger partial charge in [0.1, 0.15) is 17.1 Å². The van der Waals surface area contributed by atoms with E-state index in [1.54, 1.807) is 13.4 Å². The fourth-order valence-electron chi connectivity index (χ4n) is 5.42. The zero-order chi connectivity index (χ0) is 24.6. The lowest BCUT2D eigenvalue weighted by Gasteiger charge is -2.37. The number of ether oxygens (including phenoxy) is 3. The largest absolute Gasteiger partial charge is 0.497 e. The quantitative estimate of drug-likeness (QED) is 0.637. The van der Waals surface area contributed by atoms with Crippen molar-refractivity contribution >= 4 is 11.6 Å². The molecule has 0 radical (unpaired) electrons. The molecule has 0 saturated carbocycles. The zero-order valence-electron chi connectivity index (χ0n) is 20.9. The fourth-order valence-corrected chi connectivity index (χ4v) is 5.42. The van der Waals surface area contributed by atoms with Gasteiger partial charge in [-0.25, -0.2) is 4.57 Å². The highest BCUT2D eigenvalue weighted by atomic mass is 16.5. The van der Waals surface area contributed by atoms with Crippen LogP contribution in [0.4, 0.5) is 5.82 Å². The van der Waals surface area contributed by atoms with Crippen molar-refractivity contribution in [2.24, 2.45) is 5.41 Å². The van der Waals surface area contributed by atoms with Gasteiger partial charge in [-0.05, 0) is 29.5 Å². The van der Waals surface area contributed by atoms with Crippen LogP contribution in [0.3, 0.4) is 0 Å². The van der Waals surface area contributed by atoms with Crippen molar-refractivity contribution in [3.05, 3.63) is 53.1 Å². The molecule has 1 aliphatic carbocycles. The molecule has 1 aromatic heterocycles. The molecule has 3 aliphatic rings. The number of ketones is 1. The van der Waals surface area contributed by atoms with Crippen molar-refractivity contribution < 1.29 is 23.6 Å². The lowest BCUT2D eigenvalue weighted by molar-refractivity contribution is -0.686. The Kier molecular flexibility index (Phi) is 6.51. The third kappa shape index (κ3) is 4.77.